The summed E-state index contributed by atoms with van der Waals surface area (Å²) in [6, 6.07) is 5.61. The molecule has 10 heteroatoms. The first kappa shape index (κ1) is 22.0. The van der Waals surface area contributed by atoms with Gasteiger partial charge in [0.1, 0.15) is 5.65 Å². The first-order valence-corrected chi connectivity index (χ1v) is 13.1. The van der Waals surface area contributed by atoms with Crippen LogP contribution < -0.4 is 4.72 Å². The molecule has 2 aliphatic rings. The van der Waals surface area contributed by atoms with E-state index in [2.05, 4.69) is 26.7 Å². The quantitative estimate of drug-likeness (QED) is 0.431. The number of sulfonamides is 1. The smallest absolute Gasteiger partial charge is 0.256 e. The zero-order valence-corrected chi connectivity index (χ0v) is 20.6. The molecule has 1 amide bonds. The first-order valence-electron chi connectivity index (χ1n) is 11.6. The third-order valence-corrected chi connectivity index (χ3v) is 8.67. The average molecular weight is 491 g/mol. The van der Waals surface area contributed by atoms with Gasteiger partial charge in [0.05, 0.1) is 16.7 Å². The number of pyridine rings is 1. The van der Waals surface area contributed by atoms with Gasteiger partial charge in [0, 0.05) is 60.3 Å². The minimum Gasteiger partial charge on any atom is -0.346 e. The molecular weight excluding hydrogens is 464 g/mol. The van der Waals surface area contributed by atoms with Gasteiger partial charge in [-0.1, -0.05) is 0 Å². The van der Waals surface area contributed by atoms with E-state index in [4.69, 9.17) is 0 Å². The van der Waals surface area contributed by atoms with Gasteiger partial charge >= 0.3 is 0 Å². The van der Waals surface area contributed by atoms with Gasteiger partial charge in [0.2, 0.25) is 10.0 Å². The van der Waals surface area contributed by atoms with Gasteiger partial charge < -0.3 is 9.88 Å². The molecule has 0 saturated heterocycles. The second-order valence-electron chi connectivity index (χ2n) is 9.45. The Kier molecular flexibility index (Phi) is 4.87. The van der Waals surface area contributed by atoms with Crippen LogP contribution in [0.15, 0.2) is 47.9 Å². The van der Waals surface area contributed by atoms with Crippen LogP contribution >= 0.6 is 0 Å². The molecule has 1 atom stereocenters. The second kappa shape index (κ2) is 7.76. The number of nitrogens with one attached hydrogen (secondary N) is 2. The maximum Gasteiger partial charge on any atom is 0.256 e. The molecule has 4 heterocycles. The highest BCUT2D eigenvalue weighted by Crippen LogP contribution is 2.41. The Bertz CT molecular complexity index is 1600. The highest BCUT2D eigenvalue weighted by molar-refractivity contribution is 7.89. The molecule has 9 nitrogen and oxygen atoms in total. The van der Waals surface area contributed by atoms with Gasteiger partial charge in [-0.3, -0.25) is 9.48 Å². The van der Waals surface area contributed by atoms with E-state index in [-0.39, 0.29) is 22.4 Å². The topological polar surface area (TPSA) is 113 Å². The monoisotopic (exact) mass is 490 g/mol. The highest BCUT2D eigenvalue weighted by Gasteiger charge is 2.41. The van der Waals surface area contributed by atoms with Crippen LogP contribution in [0.2, 0.25) is 0 Å². The summed E-state index contributed by atoms with van der Waals surface area (Å²) in [4.78, 5) is 23.0. The van der Waals surface area contributed by atoms with Crippen molar-refractivity contribution in [1.29, 1.82) is 0 Å². The summed E-state index contributed by atoms with van der Waals surface area (Å²) < 4.78 is 30.2. The molecule has 4 aromatic rings. The Hall–Kier alpha value is -3.50. The number of aryl methyl sites for hydroxylation is 1. The molecule has 35 heavy (non-hydrogen) atoms. The summed E-state index contributed by atoms with van der Waals surface area (Å²) in [5.74, 6) is 0.279. The van der Waals surface area contributed by atoms with Crippen LogP contribution in [0.25, 0.3) is 33.3 Å². The van der Waals surface area contributed by atoms with Crippen LogP contribution in [-0.4, -0.2) is 52.1 Å². The number of amides is 1. The number of hydrogen-bond acceptors (Lipinski definition) is 5. The number of rotatable bonds is 6. The standard InChI is InChI=1S/C25H26N6O3S/c1-14(15-4-5-15)31-13-18-6-16(8-22(23(18)25(31)32)35(33,34)26-2)17-7-20-21(11-28-24(20)27-9-17)19-10-29-30(3)12-19/h6-12,14-15,26H,4-5,13H2,1-3H3,(H,27,28)/t14-/m0/s1. The summed E-state index contributed by atoms with van der Waals surface area (Å²) in [5, 5.41) is 5.18. The first-order chi connectivity index (χ1) is 16.8. The summed E-state index contributed by atoms with van der Waals surface area (Å²) in [6.07, 6.45) is 9.57. The molecule has 1 fully saturated rings. The number of aromatic amines is 1. The van der Waals surface area contributed by atoms with Crippen LogP contribution in [-0.2, 0) is 23.6 Å². The van der Waals surface area contributed by atoms with E-state index in [0.29, 0.717) is 18.0 Å². The lowest BCUT2D eigenvalue weighted by Crippen LogP contribution is -2.35. The van der Waals surface area contributed by atoms with Crippen LogP contribution in [0.4, 0.5) is 0 Å². The van der Waals surface area contributed by atoms with Crippen LogP contribution in [0, 0.1) is 5.92 Å². The molecule has 0 radical (unpaired) electrons. The zero-order chi connectivity index (χ0) is 24.5. The molecule has 180 valence electrons. The fourth-order valence-electron chi connectivity index (χ4n) is 5.05. The number of benzene rings is 1. The number of hydrogen-bond donors (Lipinski definition) is 2. The predicted octanol–water partition coefficient (Wildman–Crippen LogP) is 3.29. The van der Waals surface area contributed by atoms with E-state index >= 15 is 0 Å². The van der Waals surface area contributed by atoms with Crippen molar-refractivity contribution >= 4 is 27.0 Å². The maximum atomic E-state index is 13.4. The number of aromatic nitrogens is 4. The maximum absolute atomic E-state index is 13.4. The molecule has 3 aromatic heterocycles. The fourth-order valence-corrected chi connectivity index (χ4v) is 6.04. The van der Waals surface area contributed by atoms with Gasteiger partial charge in [-0.2, -0.15) is 5.10 Å². The molecule has 0 unspecified atom stereocenters. The predicted molar refractivity (Wildman–Crippen MR) is 132 cm³/mol. The molecule has 0 bridgehead atoms. The number of carbonyl (C=O) groups excluding carboxylic acids is 1. The molecule has 1 aliphatic heterocycles. The van der Waals surface area contributed by atoms with Crippen molar-refractivity contribution in [3.05, 3.63) is 54.1 Å². The Morgan fingerprint density at radius 1 is 1.14 bits per heavy atom. The SMILES string of the molecule is CNS(=O)(=O)c1cc(-c2cnc3[nH]cc(-c4cnn(C)c4)c3c2)cc2c1C(=O)N([C@@H](C)C1CC1)C2. The Labute approximate surface area is 203 Å². The number of carbonyl (C=O) groups is 1. The number of H-pyrrole nitrogens is 1. The minimum atomic E-state index is -3.86. The Morgan fingerprint density at radius 3 is 2.63 bits per heavy atom. The van der Waals surface area contributed by atoms with Gasteiger partial charge in [-0.25, -0.2) is 18.1 Å². The second-order valence-corrected chi connectivity index (χ2v) is 11.3. The molecule has 1 aliphatic carbocycles. The van der Waals surface area contributed by atoms with Crippen LogP contribution in [0.5, 0.6) is 0 Å². The van der Waals surface area contributed by atoms with E-state index in [9.17, 15) is 13.2 Å². The zero-order valence-electron chi connectivity index (χ0n) is 19.7. The van der Waals surface area contributed by atoms with Gasteiger partial charge in [-0.15, -0.1) is 0 Å². The molecular formula is C25H26N6O3S. The van der Waals surface area contributed by atoms with E-state index in [1.54, 1.807) is 23.1 Å². The molecule has 1 saturated carbocycles. The number of fused-ring (bicyclic) bond motifs is 2. The molecule has 1 aromatic carbocycles. The van der Waals surface area contributed by atoms with E-state index in [1.807, 2.05) is 36.5 Å². The van der Waals surface area contributed by atoms with E-state index in [1.165, 1.54) is 7.05 Å². The Morgan fingerprint density at radius 2 is 1.94 bits per heavy atom. The van der Waals surface area contributed by atoms with Crippen molar-refractivity contribution < 1.29 is 13.2 Å². The largest absolute Gasteiger partial charge is 0.346 e. The van der Waals surface area contributed by atoms with E-state index < -0.39 is 10.0 Å². The summed E-state index contributed by atoms with van der Waals surface area (Å²) in [5.41, 5.74) is 5.15. The minimum absolute atomic E-state index is 0.0182. The normalized spacial score (nSPS) is 16.8. The summed E-state index contributed by atoms with van der Waals surface area (Å²) in [7, 11) is -0.623. The third kappa shape index (κ3) is 3.55. The summed E-state index contributed by atoms with van der Waals surface area (Å²) >= 11 is 0. The van der Waals surface area contributed by atoms with Gasteiger partial charge in [0.15, 0.2) is 0 Å². The van der Waals surface area contributed by atoms with Crippen molar-refractivity contribution in [2.75, 3.05) is 7.05 Å². The van der Waals surface area contributed by atoms with Gasteiger partial charge in [0.25, 0.3) is 5.91 Å². The van der Waals surface area contributed by atoms with Gasteiger partial charge in [-0.05, 0) is 62.1 Å². The highest BCUT2D eigenvalue weighted by atomic mass is 32.2. The lowest BCUT2D eigenvalue weighted by atomic mass is 10.00. The van der Waals surface area contributed by atoms with Crippen molar-refractivity contribution in [2.24, 2.45) is 13.0 Å². The van der Waals surface area contributed by atoms with Crippen LogP contribution in [0.1, 0.15) is 35.7 Å². The van der Waals surface area contributed by atoms with Crippen molar-refractivity contribution in [3.63, 3.8) is 0 Å². The van der Waals surface area contributed by atoms with E-state index in [0.717, 1.165) is 46.1 Å². The molecule has 6 rings (SSSR count). The third-order valence-electron chi connectivity index (χ3n) is 7.23. The molecule has 0 spiro atoms. The lowest BCUT2D eigenvalue weighted by Gasteiger charge is -2.24. The average Bonchev–Trinajstić information content (AvgIpc) is 3.35. The molecule has 2 N–H and O–H groups in total. The van der Waals surface area contributed by atoms with Crippen LogP contribution in [0.3, 0.4) is 0 Å². The summed E-state index contributed by atoms with van der Waals surface area (Å²) in [6.45, 7) is 2.46. The van der Waals surface area contributed by atoms with Crippen molar-refractivity contribution in [1.82, 2.24) is 29.4 Å². The fraction of sp³-hybridized carbons (Fsp3) is 0.320. The van der Waals surface area contributed by atoms with Crippen molar-refractivity contribution in [2.45, 2.75) is 37.2 Å². The van der Waals surface area contributed by atoms with Crippen molar-refractivity contribution in [3.8, 4) is 22.3 Å². The number of nitrogens with zero attached hydrogens (tertiary/aromatic N) is 4. The Balaban J connectivity index is 1.50. The lowest BCUT2D eigenvalue weighted by molar-refractivity contribution is 0.0694.